The number of benzene rings is 1. The summed E-state index contributed by atoms with van der Waals surface area (Å²) in [6.07, 6.45) is -4.11. The van der Waals surface area contributed by atoms with Gasteiger partial charge in [0.05, 0.1) is 5.02 Å². The lowest BCUT2D eigenvalue weighted by molar-refractivity contribution is -0.154. The molecule has 0 fully saturated rings. The molecule has 0 aliphatic heterocycles. The molecular formula is C17H15Cl2F3N2O3. The second kappa shape index (κ2) is 9.14. The molecule has 1 heterocycles. The van der Waals surface area contributed by atoms with Crippen LogP contribution in [0.5, 0.6) is 11.6 Å². The minimum atomic E-state index is -4.49. The van der Waals surface area contributed by atoms with Crippen LogP contribution in [0.3, 0.4) is 0 Å². The maximum absolute atomic E-state index is 12.3. The van der Waals surface area contributed by atoms with Crippen molar-refractivity contribution in [3.63, 3.8) is 0 Å². The van der Waals surface area contributed by atoms with Crippen LogP contribution in [0.4, 0.5) is 13.2 Å². The zero-order valence-electron chi connectivity index (χ0n) is 14.0. The van der Waals surface area contributed by atoms with Crippen LogP contribution < -0.4 is 14.8 Å². The largest absolute Gasteiger partial charge is 0.479 e. The average molecular weight is 423 g/mol. The topological polar surface area (TPSA) is 60.5 Å². The normalized spacial score (nSPS) is 12.4. The molecular weight excluding hydrogens is 408 g/mol. The highest BCUT2D eigenvalue weighted by Gasteiger charge is 2.29. The van der Waals surface area contributed by atoms with E-state index < -0.39 is 24.8 Å². The lowest BCUT2D eigenvalue weighted by Gasteiger charge is -2.17. The monoisotopic (exact) mass is 422 g/mol. The fourth-order valence-electron chi connectivity index (χ4n) is 1.98. The summed E-state index contributed by atoms with van der Waals surface area (Å²) in [5.74, 6) is -0.472. The number of carbonyl (C=O) groups is 1. The third-order valence-electron chi connectivity index (χ3n) is 3.26. The minimum Gasteiger partial charge on any atom is -0.479 e. The number of alkyl halides is 3. The van der Waals surface area contributed by atoms with E-state index in [0.29, 0.717) is 5.56 Å². The summed E-state index contributed by atoms with van der Waals surface area (Å²) < 4.78 is 47.0. The van der Waals surface area contributed by atoms with Gasteiger partial charge in [0, 0.05) is 18.3 Å². The van der Waals surface area contributed by atoms with Crippen molar-refractivity contribution in [3.05, 3.63) is 52.1 Å². The first-order valence-electron chi connectivity index (χ1n) is 7.69. The smallest absolute Gasteiger partial charge is 0.422 e. The van der Waals surface area contributed by atoms with E-state index in [0.717, 1.165) is 0 Å². The molecule has 0 saturated heterocycles. The van der Waals surface area contributed by atoms with Crippen LogP contribution in [0, 0.1) is 0 Å². The van der Waals surface area contributed by atoms with Gasteiger partial charge in [-0.3, -0.25) is 4.79 Å². The van der Waals surface area contributed by atoms with Crippen molar-refractivity contribution in [2.75, 3.05) is 6.61 Å². The number of aromatic nitrogens is 1. The molecule has 1 amide bonds. The molecule has 0 radical (unpaired) electrons. The van der Waals surface area contributed by atoms with Gasteiger partial charge in [0.1, 0.15) is 10.8 Å². The maximum atomic E-state index is 12.3. The van der Waals surface area contributed by atoms with E-state index in [1.807, 2.05) is 0 Å². The van der Waals surface area contributed by atoms with Crippen molar-refractivity contribution in [1.82, 2.24) is 10.3 Å². The van der Waals surface area contributed by atoms with Crippen molar-refractivity contribution in [1.29, 1.82) is 0 Å². The van der Waals surface area contributed by atoms with Crippen molar-refractivity contribution < 1.29 is 27.4 Å². The Morgan fingerprint density at radius 2 is 2.00 bits per heavy atom. The molecule has 1 N–H and O–H groups in total. The molecule has 1 unspecified atom stereocenters. The first-order chi connectivity index (χ1) is 12.7. The van der Waals surface area contributed by atoms with Crippen LogP contribution in [-0.4, -0.2) is 29.8 Å². The zero-order valence-corrected chi connectivity index (χ0v) is 15.5. The third-order valence-corrected chi connectivity index (χ3v) is 4.07. The van der Waals surface area contributed by atoms with Crippen LogP contribution in [0.25, 0.3) is 0 Å². The van der Waals surface area contributed by atoms with Gasteiger partial charge in [-0.15, -0.1) is 0 Å². The third kappa shape index (κ3) is 6.48. The van der Waals surface area contributed by atoms with E-state index in [1.165, 1.54) is 25.3 Å². The molecule has 10 heteroatoms. The number of ether oxygens (including phenoxy) is 2. The van der Waals surface area contributed by atoms with Gasteiger partial charge >= 0.3 is 6.18 Å². The Morgan fingerprint density at radius 1 is 1.26 bits per heavy atom. The Bertz CT molecular complexity index is 803. The van der Waals surface area contributed by atoms with E-state index in [2.05, 4.69) is 15.0 Å². The molecule has 0 spiro atoms. The standard InChI is InChI=1S/C17H15Cl2F3N2O3/c1-10(27-13-6-2-5-12(18)14(13)19)15(25)24-8-11-4-3-7-23-16(11)26-9-17(20,21)22/h2-7,10H,8-9H2,1H3,(H,24,25). The number of halogens is 5. The summed E-state index contributed by atoms with van der Waals surface area (Å²) in [7, 11) is 0. The van der Waals surface area contributed by atoms with Gasteiger partial charge < -0.3 is 14.8 Å². The van der Waals surface area contributed by atoms with Crippen LogP contribution in [-0.2, 0) is 11.3 Å². The van der Waals surface area contributed by atoms with Gasteiger partial charge in [0.15, 0.2) is 12.7 Å². The molecule has 1 atom stereocenters. The SMILES string of the molecule is CC(Oc1cccc(Cl)c1Cl)C(=O)NCc1cccnc1OCC(F)(F)F. The van der Waals surface area contributed by atoms with Gasteiger partial charge in [0.25, 0.3) is 5.91 Å². The van der Waals surface area contributed by atoms with Gasteiger partial charge in [-0.2, -0.15) is 13.2 Å². The fourth-order valence-corrected chi connectivity index (χ4v) is 2.32. The Labute approximate surface area is 163 Å². The van der Waals surface area contributed by atoms with Crippen molar-refractivity contribution in [2.45, 2.75) is 25.7 Å². The molecule has 0 bridgehead atoms. The number of rotatable bonds is 7. The summed E-state index contributed by atoms with van der Waals surface area (Å²) in [4.78, 5) is 15.9. The van der Waals surface area contributed by atoms with E-state index in [4.69, 9.17) is 27.9 Å². The highest BCUT2D eigenvalue weighted by atomic mass is 35.5. The van der Waals surface area contributed by atoms with Gasteiger partial charge in [-0.25, -0.2) is 4.98 Å². The number of amides is 1. The molecule has 2 aromatic rings. The van der Waals surface area contributed by atoms with Crippen LogP contribution in [0.15, 0.2) is 36.5 Å². The predicted octanol–water partition coefficient (Wildman–Crippen LogP) is 4.41. The van der Waals surface area contributed by atoms with E-state index in [9.17, 15) is 18.0 Å². The van der Waals surface area contributed by atoms with E-state index in [1.54, 1.807) is 18.2 Å². The quantitative estimate of drug-likeness (QED) is 0.717. The van der Waals surface area contributed by atoms with Crippen molar-refractivity contribution in [2.24, 2.45) is 0 Å². The van der Waals surface area contributed by atoms with Crippen LogP contribution in [0.2, 0.25) is 10.0 Å². The summed E-state index contributed by atoms with van der Waals surface area (Å²) in [6.45, 7) is -0.0640. The predicted molar refractivity (Wildman–Crippen MR) is 94.2 cm³/mol. The molecule has 5 nitrogen and oxygen atoms in total. The maximum Gasteiger partial charge on any atom is 0.422 e. The Kier molecular flexibility index (Phi) is 7.15. The first-order valence-corrected chi connectivity index (χ1v) is 8.45. The van der Waals surface area contributed by atoms with E-state index in [-0.39, 0.29) is 28.2 Å². The van der Waals surface area contributed by atoms with Gasteiger partial charge in [-0.05, 0) is 25.1 Å². The molecule has 146 valence electrons. The van der Waals surface area contributed by atoms with Crippen molar-refractivity contribution in [3.8, 4) is 11.6 Å². The van der Waals surface area contributed by atoms with Gasteiger partial charge in [-0.1, -0.05) is 35.3 Å². The summed E-state index contributed by atoms with van der Waals surface area (Å²) in [5.41, 5.74) is 0.295. The highest BCUT2D eigenvalue weighted by molar-refractivity contribution is 6.42. The van der Waals surface area contributed by atoms with E-state index >= 15 is 0 Å². The lowest BCUT2D eigenvalue weighted by atomic mass is 10.2. The molecule has 0 aliphatic carbocycles. The summed E-state index contributed by atoms with van der Waals surface area (Å²) >= 11 is 11.9. The number of hydrogen-bond acceptors (Lipinski definition) is 4. The molecule has 1 aromatic carbocycles. The number of pyridine rings is 1. The Morgan fingerprint density at radius 3 is 2.70 bits per heavy atom. The number of carbonyl (C=O) groups excluding carboxylic acids is 1. The second-order valence-electron chi connectivity index (χ2n) is 5.40. The van der Waals surface area contributed by atoms with Crippen LogP contribution in [0.1, 0.15) is 12.5 Å². The Hall–Kier alpha value is -2.19. The number of nitrogens with zero attached hydrogens (tertiary/aromatic N) is 1. The van der Waals surface area contributed by atoms with Gasteiger partial charge in [0.2, 0.25) is 5.88 Å². The summed E-state index contributed by atoms with van der Waals surface area (Å²) in [5, 5.41) is 3.01. The molecule has 0 aliphatic rings. The second-order valence-corrected chi connectivity index (χ2v) is 6.19. The molecule has 0 saturated carbocycles. The first kappa shape index (κ1) is 21.1. The fraction of sp³-hybridized carbons (Fsp3) is 0.294. The van der Waals surface area contributed by atoms with Crippen LogP contribution >= 0.6 is 23.2 Å². The Balaban J connectivity index is 1.96. The van der Waals surface area contributed by atoms with Crippen molar-refractivity contribution >= 4 is 29.1 Å². The molecule has 1 aromatic heterocycles. The molecule has 2 rings (SSSR count). The highest BCUT2D eigenvalue weighted by Crippen LogP contribution is 2.32. The number of nitrogens with one attached hydrogen (secondary N) is 1. The minimum absolute atomic E-state index is 0.0865. The average Bonchev–Trinajstić information content (AvgIpc) is 2.61. The summed E-state index contributed by atoms with van der Waals surface area (Å²) in [6, 6.07) is 7.77. The number of hydrogen-bond donors (Lipinski definition) is 1. The zero-order chi connectivity index (χ0) is 20.0. The molecule has 27 heavy (non-hydrogen) atoms. The lowest BCUT2D eigenvalue weighted by Crippen LogP contribution is -2.36.